The van der Waals surface area contributed by atoms with Gasteiger partial charge in [-0.25, -0.2) is 5.43 Å². The van der Waals surface area contributed by atoms with Crippen LogP contribution in [0.5, 0.6) is 0 Å². The molecule has 8 nitrogen and oxygen atoms in total. The largest absolute Gasteiger partial charge is 0.459 e. The fraction of sp³-hybridized carbons (Fsp3) is 0. The number of hydrogen-bond acceptors (Lipinski definition) is 6. The van der Waals surface area contributed by atoms with Crippen LogP contribution in [0.4, 0.5) is 5.69 Å². The van der Waals surface area contributed by atoms with Crippen molar-refractivity contribution < 1.29 is 18.6 Å². The number of nitro groups is 1. The van der Waals surface area contributed by atoms with Crippen molar-refractivity contribution in [1.29, 1.82) is 0 Å². The average Bonchev–Trinajstić information content (AvgIpc) is 3.26. The van der Waals surface area contributed by atoms with E-state index in [0.717, 1.165) is 0 Å². The Labute approximate surface area is 135 Å². The van der Waals surface area contributed by atoms with Crippen LogP contribution in [-0.2, 0) is 0 Å². The number of carbonyl (C=O) groups excluding carboxylic acids is 1. The minimum atomic E-state index is -0.498. The Kier molecular flexibility index (Phi) is 4.19. The van der Waals surface area contributed by atoms with Gasteiger partial charge in [0, 0.05) is 6.07 Å². The normalized spacial score (nSPS) is 10.8. The first-order valence-electron chi connectivity index (χ1n) is 6.85. The lowest BCUT2D eigenvalue weighted by molar-refractivity contribution is -0.384. The van der Waals surface area contributed by atoms with Gasteiger partial charge in [-0.05, 0) is 30.3 Å². The van der Waals surface area contributed by atoms with E-state index < -0.39 is 10.8 Å². The van der Waals surface area contributed by atoms with Crippen molar-refractivity contribution in [3.8, 4) is 11.3 Å². The van der Waals surface area contributed by atoms with Crippen LogP contribution in [0.15, 0.2) is 68.7 Å². The maximum atomic E-state index is 11.6. The summed E-state index contributed by atoms with van der Waals surface area (Å²) in [4.78, 5) is 22.2. The molecule has 0 bridgehead atoms. The predicted octanol–water partition coefficient (Wildman–Crippen LogP) is 3.21. The minimum absolute atomic E-state index is 0.0542. The van der Waals surface area contributed by atoms with Crippen molar-refractivity contribution in [2.45, 2.75) is 0 Å². The lowest BCUT2D eigenvalue weighted by Gasteiger charge is -1.98. The zero-order chi connectivity index (χ0) is 16.9. The summed E-state index contributed by atoms with van der Waals surface area (Å²) in [6.07, 6.45) is 2.67. The van der Waals surface area contributed by atoms with Crippen molar-refractivity contribution in [2.75, 3.05) is 0 Å². The summed E-state index contributed by atoms with van der Waals surface area (Å²) in [5.41, 5.74) is 2.59. The van der Waals surface area contributed by atoms with E-state index in [1.165, 1.54) is 24.6 Å². The topological polar surface area (TPSA) is 111 Å². The van der Waals surface area contributed by atoms with Crippen molar-refractivity contribution >= 4 is 17.8 Å². The number of hydrazone groups is 1. The van der Waals surface area contributed by atoms with Crippen LogP contribution in [0, 0.1) is 10.1 Å². The number of benzene rings is 1. The van der Waals surface area contributed by atoms with Gasteiger partial charge in [-0.1, -0.05) is 12.1 Å². The number of carbonyl (C=O) groups is 1. The first-order valence-corrected chi connectivity index (χ1v) is 6.85. The van der Waals surface area contributed by atoms with Crippen molar-refractivity contribution in [2.24, 2.45) is 5.10 Å². The number of hydrogen-bond donors (Lipinski definition) is 1. The summed E-state index contributed by atoms with van der Waals surface area (Å²) in [6.45, 7) is 0. The van der Waals surface area contributed by atoms with E-state index in [4.69, 9.17) is 8.83 Å². The molecule has 0 atom stereocenters. The number of amides is 1. The fourth-order valence-corrected chi connectivity index (χ4v) is 2.03. The Morgan fingerprint density at radius 2 is 2.00 bits per heavy atom. The lowest BCUT2D eigenvalue weighted by Crippen LogP contribution is -2.16. The highest BCUT2D eigenvalue weighted by molar-refractivity contribution is 5.92. The van der Waals surface area contributed by atoms with Gasteiger partial charge in [-0.3, -0.25) is 14.9 Å². The number of rotatable bonds is 5. The smallest absolute Gasteiger partial charge is 0.307 e. The van der Waals surface area contributed by atoms with Crippen LogP contribution < -0.4 is 5.43 Å². The van der Waals surface area contributed by atoms with Gasteiger partial charge in [-0.2, -0.15) is 5.10 Å². The molecule has 0 unspecified atom stereocenters. The monoisotopic (exact) mass is 325 g/mol. The summed E-state index contributed by atoms with van der Waals surface area (Å²) in [5, 5.41) is 14.8. The highest BCUT2D eigenvalue weighted by Gasteiger charge is 2.16. The summed E-state index contributed by atoms with van der Waals surface area (Å²) in [5.74, 6) is 0.304. The molecule has 8 heteroatoms. The Morgan fingerprint density at radius 1 is 1.17 bits per heavy atom. The number of nitrogens with zero attached hydrogens (tertiary/aromatic N) is 2. The van der Waals surface area contributed by atoms with Gasteiger partial charge in [0.2, 0.25) is 0 Å². The minimum Gasteiger partial charge on any atom is -0.459 e. The van der Waals surface area contributed by atoms with Gasteiger partial charge >= 0.3 is 5.91 Å². The quantitative estimate of drug-likeness (QED) is 0.440. The zero-order valence-electron chi connectivity index (χ0n) is 12.2. The van der Waals surface area contributed by atoms with E-state index >= 15 is 0 Å². The van der Waals surface area contributed by atoms with Gasteiger partial charge in [-0.15, -0.1) is 0 Å². The molecule has 0 fully saturated rings. The Balaban J connectivity index is 1.73. The van der Waals surface area contributed by atoms with E-state index in [1.54, 1.807) is 36.4 Å². The molecule has 0 spiro atoms. The summed E-state index contributed by atoms with van der Waals surface area (Å²) >= 11 is 0. The lowest BCUT2D eigenvalue weighted by atomic mass is 10.1. The van der Waals surface area contributed by atoms with E-state index in [1.807, 2.05) is 0 Å². The number of nitrogens with one attached hydrogen (secondary N) is 1. The third-order valence-electron chi connectivity index (χ3n) is 3.10. The van der Waals surface area contributed by atoms with Gasteiger partial charge in [0.15, 0.2) is 5.76 Å². The molecular formula is C16H11N3O5. The Bertz CT molecular complexity index is 896. The molecule has 2 aromatic heterocycles. The molecule has 2 heterocycles. The average molecular weight is 325 g/mol. The van der Waals surface area contributed by atoms with Crippen molar-refractivity contribution in [1.82, 2.24) is 5.43 Å². The van der Waals surface area contributed by atoms with E-state index in [-0.39, 0.29) is 11.4 Å². The first kappa shape index (κ1) is 15.2. The number of para-hydroxylation sites is 1. The molecule has 0 saturated heterocycles. The molecule has 1 amide bonds. The first-order chi connectivity index (χ1) is 11.6. The summed E-state index contributed by atoms with van der Waals surface area (Å²) < 4.78 is 10.4. The zero-order valence-corrected chi connectivity index (χ0v) is 12.2. The third kappa shape index (κ3) is 3.22. The van der Waals surface area contributed by atoms with Crippen LogP contribution >= 0.6 is 0 Å². The van der Waals surface area contributed by atoms with Gasteiger partial charge < -0.3 is 8.83 Å². The van der Waals surface area contributed by atoms with Crippen LogP contribution in [0.3, 0.4) is 0 Å². The van der Waals surface area contributed by atoms with Crippen LogP contribution in [0.2, 0.25) is 0 Å². The highest BCUT2D eigenvalue weighted by Crippen LogP contribution is 2.30. The molecular weight excluding hydrogens is 314 g/mol. The van der Waals surface area contributed by atoms with Gasteiger partial charge in [0.1, 0.15) is 11.5 Å². The summed E-state index contributed by atoms with van der Waals surface area (Å²) in [6, 6.07) is 12.5. The molecule has 120 valence electrons. The third-order valence-corrected chi connectivity index (χ3v) is 3.10. The molecule has 1 N–H and O–H groups in total. The van der Waals surface area contributed by atoms with Gasteiger partial charge in [0.25, 0.3) is 5.69 Å². The standard InChI is InChI=1S/C16H11N3O5/c20-16(15-6-3-9-23-15)18-17-10-11-7-8-14(24-11)12-4-1-2-5-13(12)19(21)22/h1-10H,(H,18,20)/b17-10-. The molecule has 3 aromatic rings. The van der Waals surface area contributed by atoms with Crippen LogP contribution in [-0.4, -0.2) is 17.0 Å². The molecule has 0 saturated carbocycles. The second-order valence-corrected chi connectivity index (χ2v) is 4.65. The van der Waals surface area contributed by atoms with E-state index in [2.05, 4.69) is 10.5 Å². The maximum absolute atomic E-state index is 11.6. The predicted molar refractivity (Wildman–Crippen MR) is 84.6 cm³/mol. The molecule has 0 aliphatic carbocycles. The van der Waals surface area contributed by atoms with Crippen LogP contribution in [0.25, 0.3) is 11.3 Å². The van der Waals surface area contributed by atoms with Gasteiger partial charge in [0.05, 0.1) is 23.0 Å². The molecule has 1 aromatic carbocycles. The van der Waals surface area contributed by atoms with E-state index in [0.29, 0.717) is 17.1 Å². The second-order valence-electron chi connectivity index (χ2n) is 4.65. The number of nitro benzene ring substituents is 1. The van der Waals surface area contributed by atoms with Crippen molar-refractivity contribution in [3.63, 3.8) is 0 Å². The highest BCUT2D eigenvalue weighted by atomic mass is 16.6. The Morgan fingerprint density at radius 3 is 2.75 bits per heavy atom. The summed E-state index contributed by atoms with van der Waals surface area (Å²) in [7, 11) is 0. The van der Waals surface area contributed by atoms with E-state index in [9.17, 15) is 14.9 Å². The SMILES string of the molecule is O=C(N/N=C\c1ccc(-c2ccccc2[N+](=O)[O-])o1)c1ccco1. The second kappa shape index (κ2) is 6.61. The molecule has 24 heavy (non-hydrogen) atoms. The molecule has 0 aliphatic heterocycles. The maximum Gasteiger partial charge on any atom is 0.307 e. The number of furan rings is 2. The fourth-order valence-electron chi connectivity index (χ4n) is 2.03. The van der Waals surface area contributed by atoms with Crippen LogP contribution in [0.1, 0.15) is 16.3 Å². The van der Waals surface area contributed by atoms with Crippen molar-refractivity contribution in [3.05, 3.63) is 76.4 Å². The molecule has 3 rings (SSSR count). The Hall–Kier alpha value is -3.68. The molecule has 0 radical (unpaired) electrons. The molecule has 0 aliphatic rings.